The van der Waals surface area contributed by atoms with Gasteiger partial charge in [0.1, 0.15) is 0 Å². The molecule has 19 heavy (non-hydrogen) atoms. The van der Waals surface area contributed by atoms with Gasteiger partial charge >= 0.3 is 0 Å². The standard InChI is InChI=1S/C17H27N2/c1-16(2,3)11-18-13-19(12-17(4,5)6)15-10-8-7-9-14(15)18/h7-10,13H,11-12H2,1-6H3/q+1. The van der Waals surface area contributed by atoms with Crippen LogP contribution in [0.4, 0.5) is 0 Å². The molecule has 1 aromatic carbocycles. The van der Waals surface area contributed by atoms with E-state index in [1.807, 2.05) is 0 Å². The van der Waals surface area contributed by atoms with Crippen LogP contribution in [0.3, 0.4) is 0 Å². The van der Waals surface area contributed by atoms with Crippen molar-refractivity contribution < 1.29 is 4.57 Å². The zero-order valence-corrected chi connectivity index (χ0v) is 13.2. The quantitative estimate of drug-likeness (QED) is 0.720. The maximum Gasteiger partial charge on any atom is 0.244 e. The summed E-state index contributed by atoms with van der Waals surface area (Å²) in [6.07, 6.45) is 2.28. The first-order chi connectivity index (χ1) is 8.66. The molecule has 0 amide bonds. The second-order valence-electron chi connectivity index (χ2n) is 7.98. The molecule has 0 radical (unpaired) electrons. The van der Waals surface area contributed by atoms with Crippen molar-refractivity contribution >= 4 is 11.0 Å². The molecule has 104 valence electrons. The van der Waals surface area contributed by atoms with E-state index in [0.29, 0.717) is 10.8 Å². The zero-order valence-electron chi connectivity index (χ0n) is 13.2. The topological polar surface area (TPSA) is 8.81 Å². The molecule has 0 atom stereocenters. The van der Waals surface area contributed by atoms with Crippen LogP contribution in [0.1, 0.15) is 41.5 Å². The summed E-state index contributed by atoms with van der Waals surface area (Å²) in [5, 5.41) is 0. The molecule has 0 unspecified atom stereocenters. The molecule has 0 N–H and O–H groups in total. The largest absolute Gasteiger partial charge is 0.244 e. The fourth-order valence-electron chi connectivity index (χ4n) is 2.52. The molecular weight excluding hydrogens is 232 g/mol. The van der Waals surface area contributed by atoms with Gasteiger partial charge in [0, 0.05) is 0 Å². The lowest BCUT2D eigenvalue weighted by molar-refractivity contribution is -0.684. The summed E-state index contributed by atoms with van der Waals surface area (Å²) in [5.41, 5.74) is 3.26. The average Bonchev–Trinajstić information content (AvgIpc) is 2.53. The fraction of sp³-hybridized carbons (Fsp3) is 0.588. The smallest absolute Gasteiger partial charge is 0.229 e. The second-order valence-corrected chi connectivity index (χ2v) is 7.98. The number of benzene rings is 1. The van der Waals surface area contributed by atoms with Gasteiger partial charge in [-0.25, -0.2) is 9.13 Å². The average molecular weight is 259 g/mol. The van der Waals surface area contributed by atoms with Crippen LogP contribution in [-0.4, -0.2) is 4.57 Å². The molecule has 1 aromatic heterocycles. The van der Waals surface area contributed by atoms with Gasteiger partial charge in [-0.15, -0.1) is 0 Å². The minimum Gasteiger partial charge on any atom is -0.229 e. The highest BCUT2D eigenvalue weighted by atomic mass is 15.1. The Morgan fingerprint density at radius 2 is 1.58 bits per heavy atom. The minimum absolute atomic E-state index is 0.293. The summed E-state index contributed by atoms with van der Waals surface area (Å²) in [6.45, 7) is 15.8. The lowest BCUT2D eigenvalue weighted by Gasteiger charge is -2.16. The molecule has 0 aliphatic carbocycles. The molecule has 0 bridgehead atoms. The predicted molar refractivity (Wildman–Crippen MR) is 81.0 cm³/mol. The number of para-hydroxylation sites is 2. The molecule has 0 aliphatic rings. The molecule has 2 rings (SSSR count). The van der Waals surface area contributed by atoms with Crippen molar-refractivity contribution in [2.45, 2.75) is 54.6 Å². The highest BCUT2D eigenvalue weighted by molar-refractivity contribution is 5.71. The molecule has 2 heteroatoms. The Balaban J connectivity index is 2.48. The fourth-order valence-corrected chi connectivity index (χ4v) is 2.52. The van der Waals surface area contributed by atoms with Crippen LogP contribution in [-0.2, 0) is 13.1 Å². The zero-order chi connectivity index (χ0) is 14.3. The van der Waals surface area contributed by atoms with Gasteiger partial charge < -0.3 is 0 Å². The summed E-state index contributed by atoms with van der Waals surface area (Å²) < 4.78 is 4.78. The third-order valence-corrected chi connectivity index (χ3v) is 3.07. The number of imidazole rings is 1. The van der Waals surface area contributed by atoms with Crippen LogP contribution in [0.5, 0.6) is 0 Å². The van der Waals surface area contributed by atoms with Crippen LogP contribution in [0.2, 0.25) is 0 Å². The Hall–Kier alpha value is -1.31. The van der Waals surface area contributed by atoms with Crippen LogP contribution in [0.25, 0.3) is 11.0 Å². The summed E-state index contributed by atoms with van der Waals surface area (Å²) >= 11 is 0. The summed E-state index contributed by atoms with van der Waals surface area (Å²) in [4.78, 5) is 0. The maximum absolute atomic E-state index is 2.39. The van der Waals surface area contributed by atoms with Crippen LogP contribution >= 0.6 is 0 Å². The Morgan fingerprint density at radius 3 is 2.16 bits per heavy atom. The van der Waals surface area contributed by atoms with E-state index in [-0.39, 0.29) is 0 Å². The summed E-state index contributed by atoms with van der Waals surface area (Å²) in [6, 6.07) is 8.70. The third-order valence-electron chi connectivity index (χ3n) is 3.07. The van der Waals surface area contributed by atoms with Gasteiger partial charge in [-0.2, -0.15) is 0 Å². The minimum atomic E-state index is 0.293. The van der Waals surface area contributed by atoms with E-state index in [4.69, 9.17) is 0 Å². The monoisotopic (exact) mass is 259 g/mol. The Morgan fingerprint density at radius 1 is 0.947 bits per heavy atom. The molecule has 0 spiro atoms. The van der Waals surface area contributed by atoms with E-state index >= 15 is 0 Å². The first-order valence-corrected chi connectivity index (χ1v) is 7.13. The molecule has 0 saturated carbocycles. The number of hydrogen-bond acceptors (Lipinski definition) is 0. The number of aromatic nitrogens is 2. The van der Waals surface area contributed by atoms with Crippen molar-refractivity contribution in [1.82, 2.24) is 4.57 Å². The number of hydrogen-bond donors (Lipinski definition) is 0. The summed E-state index contributed by atoms with van der Waals surface area (Å²) in [7, 11) is 0. The Labute approximate surface area is 117 Å². The van der Waals surface area contributed by atoms with Crippen LogP contribution < -0.4 is 4.57 Å². The molecule has 0 aliphatic heterocycles. The van der Waals surface area contributed by atoms with Gasteiger partial charge in [-0.3, -0.25) is 0 Å². The van der Waals surface area contributed by atoms with Gasteiger partial charge in [0.15, 0.2) is 11.0 Å². The first-order valence-electron chi connectivity index (χ1n) is 7.13. The van der Waals surface area contributed by atoms with E-state index in [9.17, 15) is 0 Å². The van der Waals surface area contributed by atoms with Crippen LogP contribution in [0, 0.1) is 10.8 Å². The highest BCUT2D eigenvalue weighted by Crippen LogP contribution is 2.21. The second kappa shape index (κ2) is 4.66. The van der Waals surface area contributed by atoms with Crippen molar-refractivity contribution in [3.63, 3.8) is 0 Å². The van der Waals surface area contributed by atoms with Gasteiger partial charge in [-0.1, -0.05) is 53.7 Å². The molecule has 1 heterocycles. The van der Waals surface area contributed by atoms with Gasteiger partial charge in [0.25, 0.3) is 0 Å². The van der Waals surface area contributed by atoms with E-state index in [1.54, 1.807) is 0 Å². The van der Waals surface area contributed by atoms with E-state index in [1.165, 1.54) is 11.0 Å². The maximum atomic E-state index is 2.39. The highest BCUT2D eigenvalue weighted by Gasteiger charge is 2.23. The Kier molecular flexibility index (Phi) is 3.46. The normalized spacial score (nSPS) is 13.2. The van der Waals surface area contributed by atoms with Crippen LogP contribution in [0.15, 0.2) is 30.6 Å². The molecule has 2 aromatic rings. The molecule has 0 saturated heterocycles. The van der Waals surface area contributed by atoms with Crippen molar-refractivity contribution in [2.24, 2.45) is 10.8 Å². The van der Waals surface area contributed by atoms with Gasteiger partial charge in [0.2, 0.25) is 6.33 Å². The van der Waals surface area contributed by atoms with Gasteiger partial charge in [0.05, 0.1) is 13.1 Å². The van der Waals surface area contributed by atoms with E-state index in [0.717, 1.165) is 13.1 Å². The molecular formula is C17H27N2+. The van der Waals surface area contributed by atoms with E-state index in [2.05, 4.69) is 81.3 Å². The number of nitrogens with zero attached hydrogens (tertiary/aromatic N) is 2. The SMILES string of the molecule is CC(C)(C)Cn1c[n+](CC(C)(C)C)c2ccccc21. The number of fused-ring (bicyclic) bond motifs is 1. The lowest BCUT2D eigenvalue weighted by Crippen LogP contribution is -2.39. The predicted octanol–water partition coefficient (Wildman–Crippen LogP) is 4.02. The van der Waals surface area contributed by atoms with Gasteiger partial charge in [-0.05, 0) is 23.0 Å². The van der Waals surface area contributed by atoms with Crippen molar-refractivity contribution in [1.29, 1.82) is 0 Å². The lowest BCUT2D eigenvalue weighted by atomic mass is 9.97. The van der Waals surface area contributed by atoms with Crippen molar-refractivity contribution in [2.75, 3.05) is 0 Å². The number of rotatable bonds is 2. The summed E-state index contributed by atoms with van der Waals surface area (Å²) in [5.74, 6) is 0. The van der Waals surface area contributed by atoms with E-state index < -0.39 is 0 Å². The molecule has 2 nitrogen and oxygen atoms in total. The van der Waals surface area contributed by atoms with Crippen molar-refractivity contribution in [3.05, 3.63) is 30.6 Å². The first kappa shape index (κ1) is 14.1. The molecule has 0 fully saturated rings. The third kappa shape index (κ3) is 3.59. The Bertz CT molecular complexity index is 515. The van der Waals surface area contributed by atoms with Crippen molar-refractivity contribution in [3.8, 4) is 0 Å².